The van der Waals surface area contributed by atoms with Crippen LogP contribution in [0.25, 0.3) is 6.08 Å². The predicted molar refractivity (Wildman–Crippen MR) is 89.4 cm³/mol. The van der Waals surface area contributed by atoms with Crippen molar-refractivity contribution in [3.05, 3.63) is 34.9 Å². The van der Waals surface area contributed by atoms with Crippen molar-refractivity contribution in [2.24, 2.45) is 4.99 Å². The minimum Gasteiger partial charge on any atom is -0.444 e. The summed E-state index contributed by atoms with van der Waals surface area (Å²) in [5, 5.41) is 5.40. The topological polar surface area (TPSA) is 50.7 Å². The maximum absolute atomic E-state index is 11.4. The zero-order valence-electron chi connectivity index (χ0n) is 12.1. The molecule has 1 aromatic rings. The fourth-order valence-corrected chi connectivity index (χ4v) is 1.75. The maximum atomic E-state index is 11.4. The summed E-state index contributed by atoms with van der Waals surface area (Å²) in [5.74, 6) is 0. The largest absolute Gasteiger partial charge is 0.444 e. The smallest absolute Gasteiger partial charge is 0.407 e. The fourth-order valence-electron chi connectivity index (χ4n) is 1.42. The molecule has 0 unspecified atom stereocenters. The normalized spacial score (nSPS) is 11.0. The number of carbonyl (C=O) groups is 1. The third-order valence-electron chi connectivity index (χ3n) is 2.21. The molecule has 0 fully saturated rings. The number of hydrogen-bond donors (Lipinski definition) is 1. The summed E-state index contributed by atoms with van der Waals surface area (Å²) in [7, 11) is 0. The van der Waals surface area contributed by atoms with Gasteiger partial charge in [-0.05, 0) is 50.7 Å². The van der Waals surface area contributed by atoms with Crippen LogP contribution in [0.1, 0.15) is 26.3 Å². The molecule has 112 valence electrons. The molecule has 0 aliphatic carbocycles. The van der Waals surface area contributed by atoms with Crippen LogP contribution in [0, 0.1) is 0 Å². The maximum Gasteiger partial charge on any atom is 0.407 e. The molecular formula is C15H17ClN2O2S. The van der Waals surface area contributed by atoms with E-state index in [9.17, 15) is 4.79 Å². The van der Waals surface area contributed by atoms with Crippen molar-refractivity contribution in [3.8, 4) is 0 Å². The number of aliphatic imine (C=N–C) groups is 1. The number of isothiocyanates is 1. The SMILES string of the molecule is CC(C)(C)OC(=O)NCC=Cc1ccc(N=C=S)c(Cl)c1. The number of rotatable bonds is 4. The van der Waals surface area contributed by atoms with Crippen LogP contribution >= 0.6 is 23.8 Å². The quantitative estimate of drug-likeness (QED) is 0.650. The average molecular weight is 325 g/mol. The predicted octanol–water partition coefficient (Wildman–Crippen LogP) is 4.61. The van der Waals surface area contributed by atoms with Gasteiger partial charge in [-0.15, -0.1) is 0 Å². The summed E-state index contributed by atoms with van der Waals surface area (Å²) in [6.45, 7) is 5.81. The van der Waals surface area contributed by atoms with E-state index in [1.807, 2.05) is 32.9 Å². The van der Waals surface area contributed by atoms with Crippen LogP contribution in [0.4, 0.5) is 10.5 Å². The lowest BCUT2D eigenvalue weighted by molar-refractivity contribution is 0.0534. The summed E-state index contributed by atoms with van der Waals surface area (Å²) in [5.41, 5.74) is 0.976. The lowest BCUT2D eigenvalue weighted by Gasteiger charge is -2.19. The highest BCUT2D eigenvalue weighted by Crippen LogP contribution is 2.25. The minimum absolute atomic E-state index is 0.367. The number of alkyl carbamates (subject to hydrolysis) is 1. The first-order valence-corrected chi connectivity index (χ1v) is 7.11. The van der Waals surface area contributed by atoms with Gasteiger partial charge in [0.05, 0.1) is 15.9 Å². The summed E-state index contributed by atoms with van der Waals surface area (Å²) in [4.78, 5) is 15.3. The van der Waals surface area contributed by atoms with Crippen LogP contribution < -0.4 is 5.32 Å². The Morgan fingerprint density at radius 2 is 2.24 bits per heavy atom. The van der Waals surface area contributed by atoms with E-state index in [1.54, 1.807) is 18.2 Å². The zero-order chi connectivity index (χ0) is 15.9. The first-order chi connectivity index (χ1) is 9.81. The van der Waals surface area contributed by atoms with Crippen molar-refractivity contribution in [3.63, 3.8) is 0 Å². The van der Waals surface area contributed by atoms with E-state index in [0.29, 0.717) is 17.3 Å². The Kier molecular flexibility index (Phi) is 6.56. The van der Waals surface area contributed by atoms with Crippen LogP contribution in [0.3, 0.4) is 0 Å². The first-order valence-electron chi connectivity index (χ1n) is 6.32. The number of nitrogens with one attached hydrogen (secondary N) is 1. The molecule has 4 nitrogen and oxygen atoms in total. The number of ether oxygens (including phenoxy) is 1. The molecule has 0 aromatic heterocycles. The molecule has 21 heavy (non-hydrogen) atoms. The van der Waals surface area contributed by atoms with Gasteiger partial charge in [-0.2, -0.15) is 4.99 Å². The number of amides is 1. The molecule has 0 saturated heterocycles. The Morgan fingerprint density at radius 3 is 2.81 bits per heavy atom. The molecule has 1 N–H and O–H groups in total. The molecule has 0 bridgehead atoms. The third kappa shape index (κ3) is 7.04. The summed E-state index contributed by atoms with van der Waals surface area (Å²) >= 11 is 10.6. The highest BCUT2D eigenvalue weighted by molar-refractivity contribution is 7.78. The molecule has 0 aliphatic heterocycles. The van der Waals surface area contributed by atoms with Gasteiger partial charge in [-0.1, -0.05) is 29.8 Å². The van der Waals surface area contributed by atoms with E-state index in [4.69, 9.17) is 16.3 Å². The molecule has 0 heterocycles. The highest BCUT2D eigenvalue weighted by atomic mass is 35.5. The number of halogens is 1. The first kappa shape index (κ1) is 17.4. The highest BCUT2D eigenvalue weighted by Gasteiger charge is 2.14. The molecule has 1 amide bonds. The molecule has 0 saturated carbocycles. The molecular weight excluding hydrogens is 308 g/mol. The summed E-state index contributed by atoms with van der Waals surface area (Å²) in [6.07, 6.45) is 3.20. The van der Waals surface area contributed by atoms with E-state index in [-0.39, 0.29) is 0 Å². The van der Waals surface area contributed by atoms with Crippen LogP contribution in [-0.4, -0.2) is 23.4 Å². The average Bonchev–Trinajstić information content (AvgIpc) is 2.36. The Morgan fingerprint density at radius 1 is 1.52 bits per heavy atom. The fraction of sp³-hybridized carbons (Fsp3) is 0.333. The van der Waals surface area contributed by atoms with Crippen LogP contribution in [-0.2, 0) is 4.74 Å². The Bertz CT molecular complexity index is 588. The molecule has 0 aliphatic rings. The van der Waals surface area contributed by atoms with E-state index >= 15 is 0 Å². The lowest BCUT2D eigenvalue weighted by atomic mass is 10.2. The second-order valence-corrected chi connectivity index (χ2v) is 5.79. The van der Waals surface area contributed by atoms with Crippen molar-refractivity contribution in [2.45, 2.75) is 26.4 Å². The van der Waals surface area contributed by atoms with Gasteiger partial charge < -0.3 is 10.1 Å². The lowest BCUT2D eigenvalue weighted by Crippen LogP contribution is -2.32. The van der Waals surface area contributed by atoms with Crippen LogP contribution in [0.2, 0.25) is 5.02 Å². The Balaban J connectivity index is 2.53. The van der Waals surface area contributed by atoms with Crippen molar-refractivity contribution in [2.75, 3.05) is 6.54 Å². The van der Waals surface area contributed by atoms with Crippen molar-refractivity contribution in [1.82, 2.24) is 5.32 Å². The second-order valence-electron chi connectivity index (χ2n) is 5.20. The van der Waals surface area contributed by atoms with E-state index in [2.05, 4.69) is 27.7 Å². The molecule has 0 atom stereocenters. The standard InChI is InChI=1S/C15H17ClN2O2S/c1-15(2,3)20-14(19)17-8-4-5-11-6-7-13(18-10-21)12(16)9-11/h4-7,9H,8H2,1-3H3,(H,17,19). The number of carbonyl (C=O) groups excluding carboxylic acids is 1. The zero-order valence-corrected chi connectivity index (χ0v) is 13.7. The molecule has 0 radical (unpaired) electrons. The Hall–Kier alpha value is -1.68. The Labute approximate surface area is 134 Å². The van der Waals surface area contributed by atoms with Gasteiger partial charge in [-0.25, -0.2) is 4.79 Å². The van der Waals surface area contributed by atoms with Crippen molar-refractivity contribution < 1.29 is 9.53 Å². The van der Waals surface area contributed by atoms with Crippen molar-refractivity contribution >= 4 is 46.8 Å². The summed E-state index contributed by atoms with van der Waals surface area (Å²) < 4.78 is 5.12. The van der Waals surface area contributed by atoms with E-state index in [1.165, 1.54) is 0 Å². The molecule has 6 heteroatoms. The van der Waals surface area contributed by atoms with Gasteiger partial charge >= 0.3 is 6.09 Å². The van der Waals surface area contributed by atoms with Crippen LogP contribution in [0.15, 0.2) is 29.3 Å². The number of benzene rings is 1. The van der Waals surface area contributed by atoms with Gasteiger partial charge in [0.2, 0.25) is 0 Å². The third-order valence-corrected chi connectivity index (χ3v) is 2.61. The van der Waals surface area contributed by atoms with Gasteiger partial charge in [0.25, 0.3) is 0 Å². The van der Waals surface area contributed by atoms with Crippen LogP contribution in [0.5, 0.6) is 0 Å². The molecule has 0 spiro atoms. The monoisotopic (exact) mass is 324 g/mol. The molecule has 1 aromatic carbocycles. The number of thiocarbonyl (C=S) groups is 1. The van der Waals surface area contributed by atoms with Gasteiger partial charge in [-0.3, -0.25) is 0 Å². The van der Waals surface area contributed by atoms with Gasteiger partial charge in [0.15, 0.2) is 0 Å². The second kappa shape index (κ2) is 7.93. The van der Waals surface area contributed by atoms with E-state index in [0.717, 1.165) is 5.56 Å². The van der Waals surface area contributed by atoms with Gasteiger partial charge in [0.1, 0.15) is 5.60 Å². The van der Waals surface area contributed by atoms with Crippen molar-refractivity contribution in [1.29, 1.82) is 0 Å². The molecule has 1 rings (SSSR count). The number of nitrogens with zero attached hydrogens (tertiary/aromatic N) is 1. The summed E-state index contributed by atoms with van der Waals surface area (Å²) in [6, 6.07) is 5.36. The van der Waals surface area contributed by atoms with E-state index < -0.39 is 11.7 Å². The number of hydrogen-bond acceptors (Lipinski definition) is 4. The van der Waals surface area contributed by atoms with Gasteiger partial charge in [0, 0.05) is 6.54 Å². The minimum atomic E-state index is -0.501.